The Labute approximate surface area is 48.9 Å². The van der Waals surface area contributed by atoms with Gasteiger partial charge in [0.25, 0.3) is 0 Å². The Morgan fingerprint density at radius 2 is 2.38 bits per heavy atom. The first-order valence-corrected chi connectivity index (χ1v) is 2.22. The van der Waals surface area contributed by atoms with Crippen molar-refractivity contribution in [2.24, 2.45) is 0 Å². The van der Waals surface area contributed by atoms with Crippen molar-refractivity contribution in [3.8, 4) is 0 Å². The highest BCUT2D eigenvalue weighted by atomic mass is 19.1. The molecule has 1 N–H and O–H groups in total. The molecule has 0 aliphatic rings. The van der Waals surface area contributed by atoms with Gasteiger partial charge in [-0.15, -0.1) is 0 Å². The van der Waals surface area contributed by atoms with Gasteiger partial charge in [0.05, 0.1) is 0 Å². The maximum absolute atomic E-state index is 11.7. The van der Waals surface area contributed by atoms with E-state index in [-0.39, 0.29) is 1.43 Å². The molecule has 48 valence electrons. The summed E-state index contributed by atoms with van der Waals surface area (Å²) in [6.45, 7) is 1.22. The lowest BCUT2D eigenvalue weighted by molar-refractivity contribution is -0.116. The summed E-state index contributed by atoms with van der Waals surface area (Å²) in [6.07, 6.45) is 0.889. The number of amides is 1. The molecule has 0 spiro atoms. The van der Waals surface area contributed by atoms with E-state index < -0.39 is 11.7 Å². The Hall–Kier alpha value is -0.860. The van der Waals surface area contributed by atoms with E-state index in [1.54, 1.807) is 0 Å². The van der Waals surface area contributed by atoms with Gasteiger partial charge in [-0.1, -0.05) is 0 Å². The number of hydrogen-bond donors (Lipinski definition) is 1. The van der Waals surface area contributed by atoms with Crippen LogP contribution in [-0.4, -0.2) is 13.0 Å². The summed E-state index contributed by atoms with van der Waals surface area (Å²) < 4.78 is 11.7. The highest BCUT2D eigenvalue weighted by Crippen LogP contribution is 1.89. The van der Waals surface area contributed by atoms with Crippen molar-refractivity contribution in [3.63, 3.8) is 0 Å². The molecule has 0 aromatic rings. The van der Waals surface area contributed by atoms with E-state index in [0.717, 1.165) is 6.08 Å². The lowest BCUT2D eigenvalue weighted by atomic mass is 10.5. The second kappa shape index (κ2) is 3.18. The standard InChI is InChI=1S/C5H8FNO.H2/c1-4(6)3-5(8)7-2;/h3H,1-2H3,(H,7,8);1H/b4-3-;. The fourth-order valence-electron chi connectivity index (χ4n) is 0.253. The van der Waals surface area contributed by atoms with Crippen LogP contribution >= 0.6 is 0 Å². The van der Waals surface area contributed by atoms with E-state index in [0.29, 0.717) is 0 Å². The Morgan fingerprint density at radius 1 is 1.88 bits per heavy atom. The monoisotopic (exact) mass is 119 g/mol. The number of rotatable bonds is 1. The first-order chi connectivity index (χ1) is 3.66. The molecule has 0 unspecified atom stereocenters. The number of allylic oxidation sites excluding steroid dienone is 1. The summed E-state index contributed by atoms with van der Waals surface area (Å²) in [5.74, 6) is -0.894. The number of halogens is 1. The minimum Gasteiger partial charge on any atom is -0.356 e. The van der Waals surface area contributed by atoms with Crippen LogP contribution in [0.15, 0.2) is 11.9 Å². The van der Waals surface area contributed by atoms with Crippen molar-refractivity contribution in [2.45, 2.75) is 6.92 Å². The van der Waals surface area contributed by atoms with E-state index in [2.05, 4.69) is 5.32 Å². The molecule has 0 aromatic heterocycles. The van der Waals surface area contributed by atoms with Crippen LogP contribution in [0.2, 0.25) is 0 Å². The topological polar surface area (TPSA) is 29.1 Å². The van der Waals surface area contributed by atoms with Gasteiger partial charge >= 0.3 is 0 Å². The van der Waals surface area contributed by atoms with Crippen LogP contribution in [0.25, 0.3) is 0 Å². The number of nitrogens with one attached hydrogen (secondary N) is 1. The summed E-state index contributed by atoms with van der Waals surface area (Å²) in [5, 5.41) is 2.24. The van der Waals surface area contributed by atoms with Crippen LogP contribution in [0.1, 0.15) is 8.35 Å². The molecule has 0 fully saturated rings. The van der Waals surface area contributed by atoms with Crippen molar-refractivity contribution in [2.75, 3.05) is 7.05 Å². The summed E-state index contributed by atoms with van der Waals surface area (Å²) in [6, 6.07) is 0. The van der Waals surface area contributed by atoms with E-state index in [1.807, 2.05) is 0 Å². The molecule has 0 saturated heterocycles. The molecule has 0 aromatic carbocycles. The molecule has 1 amide bonds. The Bertz CT molecular complexity index is 120. The third-order valence-electron chi connectivity index (χ3n) is 0.576. The molecular weight excluding hydrogens is 109 g/mol. The van der Waals surface area contributed by atoms with E-state index in [9.17, 15) is 9.18 Å². The van der Waals surface area contributed by atoms with Gasteiger partial charge in [0.15, 0.2) is 0 Å². The zero-order chi connectivity index (χ0) is 6.57. The Kier molecular flexibility index (Phi) is 2.84. The number of likely N-dealkylation sites (N-methyl/N-ethyl adjacent to an activating group) is 1. The first kappa shape index (κ1) is 7.14. The van der Waals surface area contributed by atoms with Gasteiger partial charge in [0.2, 0.25) is 5.91 Å². The maximum atomic E-state index is 11.7. The molecule has 0 aliphatic carbocycles. The van der Waals surface area contributed by atoms with Crippen LogP contribution in [0.5, 0.6) is 0 Å². The SMILES string of the molecule is CNC(=O)/C=C(/C)F.[HH]. The van der Waals surface area contributed by atoms with Crippen LogP contribution in [0.4, 0.5) is 4.39 Å². The van der Waals surface area contributed by atoms with Gasteiger partial charge in [-0.25, -0.2) is 4.39 Å². The van der Waals surface area contributed by atoms with Gasteiger partial charge in [-0.05, 0) is 6.92 Å². The smallest absolute Gasteiger partial charge is 0.246 e. The van der Waals surface area contributed by atoms with Gasteiger partial charge < -0.3 is 5.32 Å². The zero-order valence-corrected chi connectivity index (χ0v) is 4.86. The van der Waals surface area contributed by atoms with Crippen molar-refractivity contribution in [1.82, 2.24) is 5.32 Å². The molecule has 0 rings (SSSR count). The van der Waals surface area contributed by atoms with Crippen LogP contribution in [-0.2, 0) is 4.79 Å². The summed E-state index contributed by atoms with van der Waals surface area (Å²) in [4.78, 5) is 10.2. The largest absolute Gasteiger partial charge is 0.356 e. The van der Waals surface area contributed by atoms with Crippen molar-refractivity contribution in [3.05, 3.63) is 11.9 Å². The van der Waals surface area contributed by atoms with E-state index >= 15 is 0 Å². The van der Waals surface area contributed by atoms with Gasteiger partial charge in [-0.3, -0.25) is 4.79 Å². The minimum absolute atomic E-state index is 0. The third kappa shape index (κ3) is 3.33. The Balaban J connectivity index is 0. The highest BCUT2D eigenvalue weighted by Gasteiger charge is 1.89. The minimum atomic E-state index is -0.482. The molecule has 0 aliphatic heterocycles. The average molecular weight is 119 g/mol. The van der Waals surface area contributed by atoms with Gasteiger partial charge in [-0.2, -0.15) is 0 Å². The quantitative estimate of drug-likeness (QED) is 0.509. The maximum Gasteiger partial charge on any atom is 0.246 e. The average Bonchev–Trinajstić information content (AvgIpc) is 1.65. The fraction of sp³-hybridized carbons (Fsp3) is 0.400. The van der Waals surface area contributed by atoms with E-state index in [4.69, 9.17) is 0 Å². The summed E-state index contributed by atoms with van der Waals surface area (Å²) in [7, 11) is 1.45. The van der Waals surface area contributed by atoms with Crippen molar-refractivity contribution >= 4 is 5.91 Å². The molecule has 0 radical (unpaired) electrons. The molecule has 0 atom stereocenters. The predicted octanol–water partition coefficient (Wildman–Crippen LogP) is 0.852. The normalized spacial score (nSPS) is 11.1. The van der Waals surface area contributed by atoms with Crippen LogP contribution in [0.3, 0.4) is 0 Å². The molecule has 2 nitrogen and oxygen atoms in total. The summed E-state index contributed by atoms with van der Waals surface area (Å²) in [5.41, 5.74) is 0. The number of carbonyl (C=O) groups excluding carboxylic acids is 1. The lowest BCUT2D eigenvalue weighted by Gasteiger charge is -1.86. The summed E-state index contributed by atoms with van der Waals surface area (Å²) >= 11 is 0. The predicted molar refractivity (Wildman–Crippen MR) is 31.0 cm³/mol. The van der Waals surface area contributed by atoms with Crippen molar-refractivity contribution < 1.29 is 10.6 Å². The Morgan fingerprint density at radius 3 is 2.50 bits per heavy atom. The molecular formula is C5H10FNO. The van der Waals surface area contributed by atoms with Crippen molar-refractivity contribution in [1.29, 1.82) is 0 Å². The number of hydrogen-bond acceptors (Lipinski definition) is 1. The van der Waals surface area contributed by atoms with Gasteiger partial charge in [0.1, 0.15) is 5.83 Å². The lowest BCUT2D eigenvalue weighted by Crippen LogP contribution is -2.14. The molecule has 8 heavy (non-hydrogen) atoms. The number of carbonyl (C=O) groups is 1. The molecule has 0 heterocycles. The zero-order valence-electron chi connectivity index (χ0n) is 4.86. The van der Waals surface area contributed by atoms with Crippen LogP contribution < -0.4 is 5.32 Å². The molecule has 0 saturated carbocycles. The first-order valence-electron chi connectivity index (χ1n) is 2.22. The third-order valence-corrected chi connectivity index (χ3v) is 0.576. The van der Waals surface area contributed by atoms with E-state index in [1.165, 1.54) is 14.0 Å². The second-order valence-corrected chi connectivity index (χ2v) is 1.35. The molecule has 3 heteroatoms. The van der Waals surface area contributed by atoms with Gasteiger partial charge in [0, 0.05) is 14.6 Å². The second-order valence-electron chi connectivity index (χ2n) is 1.35. The highest BCUT2D eigenvalue weighted by molar-refractivity contribution is 5.87. The molecule has 0 bridgehead atoms. The van der Waals surface area contributed by atoms with Crippen LogP contribution in [0, 0.1) is 0 Å². The fourth-order valence-corrected chi connectivity index (χ4v) is 0.253.